The third-order valence-corrected chi connectivity index (χ3v) is 4.11. The van der Waals surface area contributed by atoms with Crippen molar-refractivity contribution in [2.24, 2.45) is 5.41 Å². The molecule has 100 valence electrons. The molecule has 1 atom stereocenters. The number of halogens is 1. The van der Waals surface area contributed by atoms with Gasteiger partial charge in [-0.2, -0.15) is 0 Å². The van der Waals surface area contributed by atoms with Crippen molar-refractivity contribution in [1.29, 1.82) is 0 Å². The first-order chi connectivity index (χ1) is 8.20. The molecule has 0 saturated carbocycles. The molecule has 2 saturated heterocycles. The SMILES string of the molecule is Cc1ccoc1C(=O)N1CCC2(CCNC2)C1.Cl. The summed E-state index contributed by atoms with van der Waals surface area (Å²) in [5, 5.41) is 3.40. The van der Waals surface area contributed by atoms with Crippen molar-refractivity contribution < 1.29 is 9.21 Å². The summed E-state index contributed by atoms with van der Waals surface area (Å²) >= 11 is 0. The molecule has 0 bridgehead atoms. The highest BCUT2D eigenvalue weighted by Crippen LogP contribution is 2.36. The summed E-state index contributed by atoms with van der Waals surface area (Å²) < 4.78 is 5.28. The maximum atomic E-state index is 12.3. The zero-order valence-corrected chi connectivity index (χ0v) is 11.4. The van der Waals surface area contributed by atoms with Gasteiger partial charge in [-0.25, -0.2) is 0 Å². The maximum Gasteiger partial charge on any atom is 0.289 e. The minimum atomic E-state index is 0. The molecule has 1 aromatic heterocycles. The predicted molar refractivity (Wildman–Crippen MR) is 71.1 cm³/mol. The summed E-state index contributed by atoms with van der Waals surface area (Å²) in [6, 6.07) is 1.84. The van der Waals surface area contributed by atoms with E-state index >= 15 is 0 Å². The molecule has 3 heterocycles. The smallest absolute Gasteiger partial charge is 0.289 e. The summed E-state index contributed by atoms with van der Waals surface area (Å²) in [4.78, 5) is 14.2. The minimum Gasteiger partial charge on any atom is -0.459 e. The zero-order chi connectivity index (χ0) is 11.9. The highest BCUT2D eigenvalue weighted by atomic mass is 35.5. The van der Waals surface area contributed by atoms with Gasteiger partial charge in [-0.3, -0.25) is 4.79 Å². The van der Waals surface area contributed by atoms with Gasteiger partial charge in [0.1, 0.15) is 0 Å². The molecular weight excluding hydrogens is 252 g/mol. The normalized spacial score (nSPS) is 26.6. The third kappa shape index (κ3) is 2.15. The van der Waals surface area contributed by atoms with Gasteiger partial charge in [0.2, 0.25) is 0 Å². The van der Waals surface area contributed by atoms with Gasteiger partial charge < -0.3 is 14.6 Å². The van der Waals surface area contributed by atoms with Gasteiger partial charge in [-0.15, -0.1) is 12.4 Å². The van der Waals surface area contributed by atoms with Gasteiger partial charge in [0.15, 0.2) is 5.76 Å². The summed E-state index contributed by atoms with van der Waals surface area (Å²) in [5.74, 6) is 0.560. The van der Waals surface area contributed by atoms with Gasteiger partial charge in [0, 0.05) is 30.6 Å². The van der Waals surface area contributed by atoms with Crippen LogP contribution in [0, 0.1) is 12.3 Å². The quantitative estimate of drug-likeness (QED) is 0.847. The van der Waals surface area contributed by atoms with Crippen LogP contribution in [-0.4, -0.2) is 37.0 Å². The molecule has 1 spiro atoms. The van der Waals surface area contributed by atoms with E-state index in [9.17, 15) is 4.79 Å². The summed E-state index contributed by atoms with van der Waals surface area (Å²) in [7, 11) is 0. The fourth-order valence-corrected chi connectivity index (χ4v) is 2.99. The van der Waals surface area contributed by atoms with E-state index in [2.05, 4.69) is 5.32 Å². The van der Waals surface area contributed by atoms with Crippen molar-refractivity contribution in [1.82, 2.24) is 10.2 Å². The van der Waals surface area contributed by atoms with Crippen molar-refractivity contribution in [3.05, 3.63) is 23.7 Å². The molecule has 1 amide bonds. The molecular formula is C13H19ClN2O2. The lowest BCUT2D eigenvalue weighted by Gasteiger charge is -2.22. The Kier molecular flexibility index (Phi) is 3.69. The first-order valence-corrected chi connectivity index (χ1v) is 6.24. The highest BCUT2D eigenvalue weighted by molar-refractivity contribution is 5.93. The fraction of sp³-hybridized carbons (Fsp3) is 0.615. The van der Waals surface area contributed by atoms with Crippen LogP contribution in [0.1, 0.15) is 29.0 Å². The highest BCUT2D eigenvalue weighted by Gasteiger charge is 2.42. The summed E-state index contributed by atoms with van der Waals surface area (Å²) in [6.07, 6.45) is 3.89. The number of carbonyl (C=O) groups is 1. The van der Waals surface area contributed by atoms with E-state index in [1.165, 1.54) is 6.42 Å². The lowest BCUT2D eigenvalue weighted by molar-refractivity contribution is 0.0743. The molecule has 2 fully saturated rings. The number of aryl methyl sites for hydroxylation is 1. The minimum absolute atomic E-state index is 0. The van der Waals surface area contributed by atoms with E-state index in [1.54, 1.807) is 6.26 Å². The Morgan fingerprint density at radius 1 is 1.50 bits per heavy atom. The van der Waals surface area contributed by atoms with E-state index in [4.69, 9.17) is 4.42 Å². The number of amides is 1. The Morgan fingerprint density at radius 3 is 2.94 bits per heavy atom. The van der Waals surface area contributed by atoms with Crippen LogP contribution >= 0.6 is 12.4 Å². The van der Waals surface area contributed by atoms with Crippen LogP contribution in [0.3, 0.4) is 0 Å². The second-order valence-electron chi connectivity index (χ2n) is 5.34. The van der Waals surface area contributed by atoms with E-state index in [0.29, 0.717) is 11.2 Å². The molecule has 18 heavy (non-hydrogen) atoms. The molecule has 2 aliphatic rings. The second kappa shape index (κ2) is 4.94. The van der Waals surface area contributed by atoms with Gasteiger partial charge in [0.05, 0.1) is 6.26 Å². The molecule has 3 rings (SSSR count). The largest absolute Gasteiger partial charge is 0.459 e. The average Bonchev–Trinajstić information content (AvgIpc) is 3.02. The first-order valence-electron chi connectivity index (χ1n) is 6.24. The van der Waals surface area contributed by atoms with Crippen LogP contribution in [0.25, 0.3) is 0 Å². The van der Waals surface area contributed by atoms with Gasteiger partial charge >= 0.3 is 0 Å². The maximum absolute atomic E-state index is 12.3. The van der Waals surface area contributed by atoms with Crippen molar-refractivity contribution in [3.63, 3.8) is 0 Å². The van der Waals surface area contributed by atoms with Crippen LogP contribution in [0.5, 0.6) is 0 Å². The third-order valence-electron chi connectivity index (χ3n) is 4.11. The standard InChI is InChI=1S/C13H18N2O2.ClH/c1-10-2-7-17-11(10)12(16)15-6-4-13(9-15)3-5-14-8-13;/h2,7,14H,3-6,8-9H2,1H3;1H. The van der Waals surface area contributed by atoms with E-state index in [-0.39, 0.29) is 18.3 Å². The monoisotopic (exact) mass is 270 g/mol. The van der Waals surface area contributed by atoms with Crippen LogP contribution < -0.4 is 5.32 Å². The number of nitrogens with one attached hydrogen (secondary N) is 1. The number of hydrogen-bond acceptors (Lipinski definition) is 3. The Morgan fingerprint density at radius 2 is 2.33 bits per heavy atom. The van der Waals surface area contributed by atoms with Crippen molar-refractivity contribution in [2.75, 3.05) is 26.2 Å². The Labute approximate surface area is 113 Å². The molecule has 2 aliphatic heterocycles. The van der Waals surface area contributed by atoms with E-state index < -0.39 is 0 Å². The fourth-order valence-electron chi connectivity index (χ4n) is 2.99. The zero-order valence-electron chi connectivity index (χ0n) is 10.6. The van der Waals surface area contributed by atoms with Crippen LogP contribution in [0.4, 0.5) is 0 Å². The molecule has 0 aliphatic carbocycles. The van der Waals surface area contributed by atoms with Gasteiger partial charge in [-0.1, -0.05) is 0 Å². The lowest BCUT2D eigenvalue weighted by atomic mass is 9.87. The molecule has 5 heteroatoms. The molecule has 0 radical (unpaired) electrons. The Balaban J connectivity index is 0.00000120. The Hall–Kier alpha value is -1.00. The first kappa shape index (κ1) is 13.4. The lowest BCUT2D eigenvalue weighted by Crippen LogP contribution is -2.33. The van der Waals surface area contributed by atoms with Crippen molar-refractivity contribution in [2.45, 2.75) is 19.8 Å². The number of carbonyl (C=O) groups excluding carboxylic acids is 1. The second-order valence-corrected chi connectivity index (χ2v) is 5.34. The average molecular weight is 271 g/mol. The number of likely N-dealkylation sites (tertiary alicyclic amines) is 1. The van der Waals surface area contributed by atoms with Gasteiger partial charge in [0.25, 0.3) is 5.91 Å². The van der Waals surface area contributed by atoms with Crippen molar-refractivity contribution >= 4 is 18.3 Å². The number of furan rings is 1. The topological polar surface area (TPSA) is 45.5 Å². The number of hydrogen-bond donors (Lipinski definition) is 1. The summed E-state index contributed by atoms with van der Waals surface area (Å²) in [5.41, 5.74) is 1.26. The Bertz CT molecular complexity index is 438. The van der Waals surface area contributed by atoms with E-state index in [1.807, 2.05) is 17.9 Å². The molecule has 4 nitrogen and oxygen atoms in total. The van der Waals surface area contributed by atoms with Gasteiger partial charge in [-0.05, 0) is 32.4 Å². The molecule has 1 aromatic rings. The molecule has 1 unspecified atom stereocenters. The van der Waals surface area contributed by atoms with E-state index in [0.717, 1.165) is 38.2 Å². The number of nitrogens with zero attached hydrogens (tertiary/aromatic N) is 1. The van der Waals surface area contributed by atoms with Crippen molar-refractivity contribution in [3.8, 4) is 0 Å². The molecule has 1 N–H and O–H groups in total. The summed E-state index contributed by atoms with van der Waals surface area (Å²) in [6.45, 7) is 5.79. The van der Waals surface area contributed by atoms with Crippen LogP contribution in [0.2, 0.25) is 0 Å². The predicted octanol–water partition coefficient (Wildman–Crippen LogP) is 1.84. The van der Waals surface area contributed by atoms with Crippen LogP contribution in [-0.2, 0) is 0 Å². The van der Waals surface area contributed by atoms with Crippen LogP contribution in [0.15, 0.2) is 16.7 Å². The number of rotatable bonds is 1. The molecule has 0 aromatic carbocycles.